The second-order valence-electron chi connectivity index (χ2n) is 6.46. The summed E-state index contributed by atoms with van der Waals surface area (Å²) in [5.74, 6) is 1.67. The van der Waals surface area contributed by atoms with E-state index < -0.39 is 0 Å². The monoisotopic (exact) mass is 301 g/mol. The Balaban J connectivity index is 2.53. The first-order valence-corrected chi connectivity index (χ1v) is 7.99. The summed E-state index contributed by atoms with van der Waals surface area (Å²) >= 11 is 0. The summed E-state index contributed by atoms with van der Waals surface area (Å²) in [7, 11) is 1.85. The summed E-state index contributed by atoms with van der Waals surface area (Å²) in [6.07, 6.45) is 2.21. The molecule has 0 fully saturated rings. The first-order valence-electron chi connectivity index (χ1n) is 7.99. The zero-order valence-corrected chi connectivity index (χ0v) is 14.6. The van der Waals surface area contributed by atoms with Crippen molar-refractivity contribution in [3.63, 3.8) is 0 Å². The average molecular weight is 301 g/mol. The van der Waals surface area contributed by atoms with Gasteiger partial charge in [-0.15, -0.1) is 0 Å². The predicted molar refractivity (Wildman–Crippen MR) is 96.3 cm³/mol. The fourth-order valence-electron chi connectivity index (χ4n) is 2.47. The van der Waals surface area contributed by atoms with E-state index in [1.807, 2.05) is 7.05 Å². The molecule has 0 aliphatic rings. The highest BCUT2D eigenvalue weighted by Gasteiger charge is 2.20. The largest absolute Gasteiger partial charge is 0.375 e. The topological polar surface area (TPSA) is 27.3 Å². The van der Waals surface area contributed by atoms with Crippen molar-refractivity contribution in [1.29, 1.82) is 0 Å². The molecule has 0 spiro atoms. The minimum atomic E-state index is 0.259. The first kappa shape index (κ1) is 18.1. The molecule has 0 amide bonds. The van der Waals surface area contributed by atoms with Crippen LogP contribution in [0.15, 0.2) is 55.1 Å². The van der Waals surface area contributed by atoms with Crippen LogP contribution < -0.4 is 10.6 Å². The summed E-state index contributed by atoms with van der Waals surface area (Å²) in [6.45, 7) is 16.7. The zero-order chi connectivity index (χ0) is 16.6. The molecule has 0 saturated carbocycles. The Bertz CT molecular complexity index is 477. The molecule has 0 atom stereocenters. The van der Waals surface area contributed by atoms with Gasteiger partial charge in [-0.2, -0.15) is 0 Å². The van der Waals surface area contributed by atoms with Crippen molar-refractivity contribution in [2.24, 2.45) is 5.41 Å². The van der Waals surface area contributed by atoms with E-state index in [9.17, 15) is 0 Å². The lowest BCUT2D eigenvalue weighted by atomic mass is 9.82. The smallest absolute Gasteiger partial charge is 0.0994 e. The van der Waals surface area contributed by atoms with Crippen LogP contribution in [0.5, 0.6) is 0 Å². The molecule has 0 heterocycles. The van der Waals surface area contributed by atoms with Gasteiger partial charge in [0.2, 0.25) is 0 Å². The zero-order valence-electron chi connectivity index (χ0n) is 14.6. The SMILES string of the molecule is C=C(NC)NC(=C)N(CC)CCC(C)(C)Cc1ccccc1. The van der Waals surface area contributed by atoms with Crippen LogP contribution in [-0.4, -0.2) is 25.0 Å². The quantitative estimate of drug-likeness (QED) is 0.690. The normalized spacial score (nSPS) is 10.9. The number of nitrogens with zero attached hydrogens (tertiary/aromatic N) is 1. The van der Waals surface area contributed by atoms with Crippen molar-refractivity contribution in [1.82, 2.24) is 15.5 Å². The Kier molecular flexibility index (Phi) is 7.03. The van der Waals surface area contributed by atoms with E-state index in [2.05, 4.69) is 79.8 Å². The number of hydrogen-bond acceptors (Lipinski definition) is 3. The summed E-state index contributed by atoms with van der Waals surface area (Å²) < 4.78 is 0. The molecule has 22 heavy (non-hydrogen) atoms. The van der Waals surface area contributed by atoms with E-state index in [4.69, 9.17) is 0 Å². The van der Waals surface area contributed by atoms with Crippen LogP contribution in [0.1, 0.15) is 32.8 Å². The van der Waals surface area contributed by atoms with Crippen LogP contribution in [0, 0.1) is 5.41 Å². The van der Waals surface area contributed by atoms with Crippen LogP contribution in [0.4, 0.5) is 0 Å². The van der Waals surface area contributed by atoms with Crippen LogP contribution in [0.25, 0.3) is 0 Å². The fraction of sp³-hybridized carbons (Fsp3) is 0.474. The maximum absolute atomic E-state index is 4.11. The van der Waals surface area contributed by atoms with Crippen molar-refractivity contribution < 1.29 is 0 Å². The number of hydrogen-bond donors (Lipinski definition) is 2. The third-order valence-corrected chi connectivity index (χ3v) is 3.94. The summed E-state index contributed by atoms with van der Waals surface area (Å²) in [6, 6.07) is 10.7. The minimum absolute atomic E-state index is 0.259. The highest BCUT2D eigenvalue weighted by molar-refractivity contribution is 5.16. The second-order valence-corrected chi connectivity index (χ2v) is 6.46. The van der Waals surface area contributed by atoms with Crippen molar-refractivity contribution in [3.8, 4) is 0 Å². The van der Waals surface area contributed by atoms with Crippen LogP contribution in [0.3, 0.4) is 0 Å². The maximum atomic E-state index is 4.11. The Hall–Kier alpha value is -1.90. The van der Waals surface area contributed by atoms with E-state index in [-0.39, 0.29) is 5.41 Å². The Morgan fingerprint density at radius 1 is 1.18 bits per heavy atom. The van der Waals surface area contributed by atoms with Crippen LogP contribution in [-0.2, 0) is 6.42 Å². The molecule has 1 aromatic rings. The van der Waals surface area contributed by atoms with Gasteiger partial charge in [0.05, 0.1) is 11.6 Å². The Labute approximate surface area is 136 Å². The molecule has 0 aliphatic heterocycles. The lowest BCUT2D eigenvalue weighted by molar-refractivity contribution is 0.252. The van der Waals surface area contributed by atoms with Crippen LogP contribution >= 0.6 is 0 Å². The number of rotatable bonds is 10. The summed E-state index contributed by atoms with van der Waals surface area (Å²) in [5.41, 5.74) is 1.66. The predicted octanol–water partition coefficient (Wildman–Crippen LogP) is 3.72. The Morgan fingerprint density at radius 3 is 2.36 bits per heavy atom. The molecule has 0 saturated heterocycles. The average Bonchev–Trinajstić information content (AvgIpc) is 2.48. The number of nitrogens with one attached hydrogen (secondary N) is 2. The third kappa shape index (κ3) is 6.25. The molecule has 0 bridgehead atoms. The van der Waals surface area contributed by atoms with E-state index in [0.29, 0.717) is 0 Å². The fourth-order valence-corrected chi connectivity index (χ4v) is 2.47. The molecule has 3 nitrogen and oxygen atoms in total. The van der Waals surface area contributed by atoms with Gasteiger partial charge in [0.25, 0.3) is 0 Å². The molecule has 0 aliphatic carbocycles. The van der Waals surface area contributed by atoms with Gasteiger partial charge < -0.3 is 15.5 Å². The minimum Gasteiger partial charge on any atom is -0.375 e. The van der Waals surface area contributed by atoms with Crippen molar-refractivity contribution in [2.45, 2.75) is 33.6 Å². The molecular formula is C19H31N3. The second kappa shape index (κ2) is 8.52. The molecule has 122 valence electrons. The van der Waals surface area contributed by atoms with E-state index in [1.54, 1.807) is 0 Å². The van der Waals surface area contributed by atoms with E-state index >= 15 is 0 Å². The Morgan fingerprint density at radius 2 is 1.82 bits per heavy atom. The van der Waals surface area contributed by atoms with Gasteiger partial charge in [-0.25, -0.2) is 0 Å². The van der Waals surface area contributed by atoms with Gasteiger partial charge in [-0.1, -0.05) is 57.3 Å². The maximum Gasteiger partial charge on any atom is 0.0994 e. The molecular weight excluding hydrogens is 270 g/mol. The lowest BCUT2D eigenvalue weighted by Crippen LogP contribution is -2.35. The van der Waals surface area contributed by atoms with Crippen LogP contribution in [0.2, 0.25) is 0 Å². The molecule has 0 radical (unpaired) electrons. The molecule has 0 unspecified atom stereocenters. The first-order chi connectivity index (χ1) is 10.4. The van der Waals surface area contributed by atoms with Gasteiger partial charge in [-0.05, 0) is 30.7 Å². The van der Waals surface area contributed by atoms with Crippen molar-refractivity contribution in [3.05, 3.63) is 60.7 Å². The van der Waals surface area contributed by atoms with Gasteiger partial charge in [-0.3, -0.25) is 0 Å². The molecule has 0 aromatic heterocycles. The number of benzene rings is 1. The van der Waals surface area contributed by atoms with Crippen molar-refractivity contribution >= 4 is 0 Å². The van der Waals surface area contributed by atoms with Gasteiger partial charge >= 0.3 is 0 Å². The summed E-state index contributed by atoms with van der Waals surface area (Å²) in [4.78, 5) is 2.26. The van der Waals surface area contributed by atoms with Gasteiger partial charge in [0, 0.05) is 20.1 Å². The lowest BCUT2D eigenvalue weighted by Gasteiger charge is -2.31. The molecule has 2 N–H and O–H groups in total. The van der Waals surface area contributed by atoms with E-state index in [0.717, 1.165) is 37.6 Å². The molecule has 1 aromatic carbocycles. The third-order valence-electron chi connectivity index (χ3n) is 3.94. The van der Waals surface area contributed by atoms with Crippen molar-refractivity contribution in [2.75, 3.05) is 20.1 Å². The molecule has 3 heteroatoms. The highest BCUT2D eigenvalue weighted by atomic mass is 15.3. The summed E-state index contributed by atoms with van der Waals surface area (Å²) in [5, 5.41) is 6.18. The standard InChI is InChI=1S/C19H31N3/c1-7-22(17(3)21-16(2)20-6)14-13-19(4,5)15-18-11-9-8-10-12-18/h8-12,20-21H,2-3,7,13-15H2,1,4-6H3. The van der Waals surface area contributed by atoms with E-state index in [1.165, 1.54) is 5.56 Å². The van der Waals surface area contributed by atoms with Gasteiger partial charge in [0.15, 0.2) is 0 Å². The van der Waals surface area contributed by atoms with Gasteiger partial charge in [0.1, 0.15) is 0 Å². The highest BCUT2D eigenvalue weighted by Crippen LogP contribution is 2.26. The molecule has 1 rings (SSSR count).